The molecular weight excluding hydrogens is 217 g/mol. The smallest absolute Gasteiger partial charge is 0.258 e. The summed E-state index contributed by atoms with van der Waals surface area (Å²) in [7, 11) is 0. The van der Waals surface area contributed by atoms with Gasteiger partial charge < -0.3 is 0 Å². The standard InChI is InChI=1S/C10H12FNO4/c1-2-15-16-7-6-8-4-3-5-9(11)10(8)12(13)14/h3-5H,2,6-7H2,1H3. The summed E-state index contributed by atoms with van der Waals surface area (Å²) in [5.41, 5.74) is -0.202. The van der Waals surface area contributed by atoms with Crippen molar-refractivity contribution in [2.75, 3.05) is 13.2 Å². The Kier molecular flexibility index (Phi) is 4.81. The van der Waals surface area contributed by atoms with Crippen molar-refractivity contribution in [2.45, 2.75) is 13.3 Å². The average Bonchev–Trinajstić information content (AvgIpc) is 2.24. The van der Waals surface area contributed by atoms with Gasteiger partial charge in [0.2, 0.25) is 5.82 Å². The van der Waals surface area contributed by atoms with Crippen molar-refractivity contribution >= 4 is 5.69 Å². The number of benzene rings is 1. The van der Waals surface area contributed by atoms with Gasteiger partial charge in [0.05, 0.1) is 18.1 Å². The third-order valence-corrected chi connectivity index (χ3v) is 1.91. The van der Waals surface area contributed by atoms with E-state index in [2.05, 4.69) is 4.89 Å². The van der Waals surface area contributed by atoms with Crippen LogP contribution in [0.15, 0.2) is 18.2 Å². The Morgan fingerprint density at radius 1 is 1.44 bits per heavy atom. The van der Waals surface area contributed by atoms with E-state index >= 15 is 0 Å². The Balaban J connectivity index is 2.71. The van der Waals surface area contributed by atoms with Crippen LogP contribution in [-0.4, -0.2) is 18.1 Å². The number of nitro benzene ring substituents is 1. The second kappa shape index (κ2) is 6.14. The molecule has 5 nitrogen and oxygen atoms in total. The van der Waals surface area contributed by atoms with Crippen molar-refractivity contribution in [3.05, 3.63) is 39.7 Å². The maximum Gasteiger partial charge on any atom is 0.308 e. The molecule has 0 N–H and O–H groups in total. The number of halogens is 1. The van der Waals surface area contributed by atoms with Crippen LogP contribution in [0.1, 0.15) is 12.5 Å². The van der Waals surface area contributed by atoms with Crippen LogP contribution < -0.4 is 0 Å². The van der Waals surface area contributed by atoms with Crippen LogP contribution in [0.5, 0.6) is 0 Å². The molecule has 0 atom stereocenters. The topological polar surface area (TPSA) is 61.6 Å². The molecule has 0 aromatic heterocycles. The summed E-state index contributed by atoms with van der Waals surface area (Å²) in [6, 6.07) is 3.99. The summed E-state index contributed by atoms with van der Waals surface area (Å²) in [5, 5.41) is 10.6. The summed E-state index contributed by atoms with van der Waals surface area (Å²) in [6.07, 6.45) is 0.230. The van der Waals surface area contributed by atoms with Crippen LogP contribution in [0, 0.1) is 15.9 Å². The lowest BCUT2D eigenvalue weighted by Crippen LogP contribution is -2.04. The van der Waals surface area contributed by atoms with E-state index in [1.165, 1.54) is 12.1 Å². The summed E-state index contributed by atoms with van der Waals surface area (Å²) in [5.74, 6) is -0.834. The minimum absolute atomic E-state index is 0.151. The second-order valence-corrected chi connectivity index (χ2v) is 2.98. The van der Waals surface area contributed by atoms with Crippen LogP contribution in [0.3, 0.4) is 0 Å². The Bertz CT molecular complexity index is 370. The molecule has 0 aliphatic carbocycles. The van der Waals surface area contributed by atoms with Crippen LogP contribution >= 0.6 is 0 Å². The zero-order valence-corrected chi connectivity index (χ0v) is 8.81. The highest BCUT2D eigenvalue weighted by Gasteiger charge is 2.19. The van der Waals surface area contributed by atoms with E-state index in [0.717, 1.165) is 6.07 Å². The van der Waals surface area contributed by atoms with Crippen molar-refractivity contribution in [1.29, 1.82) is 0 Å². The van der Waals surface area contributed by atoms with E-state index in [4.69, 9.17) is 4.89 Å². The van der Waals surface area contributed by atoms with Crippen LogP contribution in [0.4, 0.5) is 10.1 Å². The Morgan fingerprint density at radius 2 is 2.19 bits per heavy atom. The Labute approximate surface area is 91.9 Å². The van der Waals surface area contributed by atoms with Gasteiger partial charge in [-0.3, -0.25) is 10.1 Å². The van der Waals surface area contributed by atoms with Crippen molar-refractivity contribution in [1.82, 2.24) is 0 Å². The molecule has 0 saturated heterocycles. The number of hydrogen-bond donors (Lipinski definition) is 0. The first-order valence-electron chi connectivity index (χ1n) is 4.83. The molecule has 0 unspecified atom stereocenters. The van der Waals surface area contributed by atoms with Gasteiger partial charge in [0.25, 0.3) is 0 Å². The molecule has 1 rings (SSSR count). The number of hydrogen-bond acceptors (Lipinski definition) is 4. The van der Waals surface area contributed by atoms with Crippen molar-refractivity contribution in [2.24, 2.45) is 0 Å². The first kappa shape index (κ1) is 12.5. The minimum Gasteiger partial charge on any atom is -0.258 e. The molecule has 1 aromatic rings. The third-order valence-electron chi connectivity index (χ3n) is 1.91. The predicted octanol–water partition coefficient (Wildman–Crippen LogP) is 2.24. The van der Waals surface area contributed by atoms with E-state index in [1.54, 1.807) is 6.92 Å². The molecule has 16 heavy (non-hydrogen) atoms. The van der Waals surface area contributed by atoms with Gasteiger partial charge in [-0.15, -0.1) is 0 Å². The molecular formula is C10H12FNO4. The maximum atomic E-state index is 13.2. The minimum atomic E-state index is -0.834. The molecule has 0 saturated carbocycles. The summed E-state index contributed by atoms with van der Waals surface area (Å²) in [4.78, 5) is 19.2. The molecule has 6 heteroatoms. The summed E-state index contributed by atoms with van der Waals surface area (Å²) >= 11 is 0. The quantitative estimate of drug-likeness (QED) is 0.325. The van der Waals surface area contributed by atoms with Gasteiger partial charge in [-0.05, 0) is 13.0 Å². The molecule has 88 valence electrons. The van der Waals surface area contributed by atoms with Crippen LogP contribution in [0.25, 0.3) is 0 Å². The maximum absolute atomic E-state index is 13.2. The highest BCUT2D eigenvalue weighted by molar-refractivity contribution is 5.41. The first-order chi connectivity index (χ1) is 7.66. The van der Waals surface area contributed by atoms with E-state index in [9.17, 15) is 14.5 Å². The van der Waals surface area contributed by atoms with E-state index < -0.39 is 16.4 Å². The molecule has 1 aromatic carbocycles. The van der Waals surface area contributed by atoms with Gasteiger partial charge in [-0.25, -0.2) is 9.78 Å². The molecule has 0 heterocycles. The van der Waals surface area contributed by atoms with Crippen molar-refractivity contribution in [3.63, 3.8) is 0 Å². The fraction of sp³-hybridized carbons (Fsp3) is 0.400. The van der Waals surface area contributed by atoms with Gasteiger partial charge in [-0.2, -0.15) is 4.39 Å². The highest BCUT2D eigenvalue weighted by Crippen LogP contribution is 2.22. The largest absolute Gasteiger partial charge is 0.308 e. The Hall–Kier alpha value is -1.53. The molecule has 0 aliphatic rings. The monoisotopic (exact) mass is 229 g/mol. The van der Waals surface area contributed by atoms with Crippen molar-refractivity contribution < 1.29 is 19.1 Å². The van der Waals surface area contributed by atoms with Crippen LogP contribution in [-0.2, 0) is 16.2 Å². The number of nitro groups is 1. The molecule has 0 aliphatic heterocycles. The molecule has 0 radical (unpaired) electrons. The van der Waals surface area contributed by atoms with E-state index in [1.807, 2.05) is 0 Å². The zero-order valence-electron chi connectivity index (χ0n) is 8.81. The highest BCUT2D eigenvalue weighted by atomic mass is 19.1. The average molecular weight is 229 g/mol. The van der Waals surface area contributed by atoms with Gasteiger partial charge in [0, 0.05) is 12.0 Å². The van der Waals surface area contributed by atoms with Gasteiger partial charge >= 0.3 is 5.69 Å². The van der Waals surface area contributed by atoms with Crippen LogP contribution in [0.2, 0.25) is 0 Å². The second-order valence-electron chi connectivity index (χ2n) is 2.98. The van der Waals surface area contributed by atoms with E-state index in [0.29, 0.717) is 12.2 Å². The van der Waals surface area contributed by atoms with Gasteiger partial charge in [0.1, 0.15) is 0 Å². The lowest BCUT2D eigenvalue weighted by atomic mass is 10.1. The zero-order chi connectivity index (χ0) is 12.0. The Morgan fingerprint density at radius 3 is 2.81 bits per heavy atom. The first-order valence-corrected chi connectivity index (χ1v) is 4.83. The van der Waals surface area contributed by atoms with E-state index in [-0.39, 0.29) is 13.0 Å². The normalized spacial score (nSPS) is 10.4. The van der Waals surface area contributed by atoms with Gasteiger partial charge in [-0.1, -0.05) is 12.1 Å². The third kappa shape index (κ3) is 3.25. The van der Waals surface area contributed by atoms with Crippen molar-refractivity contribution in [3.8, 4) is 0 Å². The van der Waals surface area contributed by atoms with Gasteiger partial charge in [0.15, 0.2) is 0 Å². The summed E-state index contributed by atoms with van der Waals surface area (Å²) in [6.45, 7) is 2.30. The molecule has 0 fully saturated rings. The molecule has 0 amide bonds. The fourth-order valence-electron chi connectivity index (χ4n) is 1.26. The predicted molar refractivity (Wildman–Crippen MR) is 54.3 cm³/mol. The molecule has 0 spiro atoms. The summed E-state index contributed by atoms with van der Waals surface area (Å²) < 4.78 is 13.2. The lowest BCUT2D eigenvalue weighted by Gasteiger charge is -2.03. The number of rotatable bonds is 6. The number of para-hydroxylation sites is 1. The lowest BCUT2D eigenvalue weighted by molar-refractivity contribution is -0.388. The number of nitrogens with zero attached hydrogens (tertiary/aromatic N) is 1. The fourth-order valence-corrected chi connectivity index (χ4v) is 1.26. The SMILES string of the molecule is CCOOCCc1cccc(F)c1[N+](=O)[O-]. The molecule has 0 bridgehead atoms.